The number of nitrogens with one attached hydrogen (secondary N) is 1. The summed E-state index contributed by atoms with van der Waals surface area (Å²) in [6, 6.07) is 6.82. The Kier molecular flexibility index (Phi) is 3.98. The van der Waals surface area contributed by atoms with Crippen molar-refractivity contribution < 1.29 is 14.7 Å². The summed E-state index contributed by atoms with van der Waals surface area (Å²) < 4.78 is 0. The van der Waals surface area contributed by atoms with Crippen molar-refractivity contribution in [2.75, 3.05) is 0 Å². The minimum atomic E-state index is -0.224. The van der Waals surface area contributed by atoms with E-state index in [9.17, 15) is 9.90 Å². The number of carbonyl (C=O) groups is 1. The molecule has 0 atom stereocenters. The number of para-hydroxylation sites is 1. The van der Waals surface area contributed by atoms with E-state index in [0.717, 1.165) is 12.8 Å². The lowest BCUT2D eigenvalue weighted by Crippen LogP contribution is -2.29. The van der Waals surface area contributed by atoms with Gasteiger partial charge in [0.25, 0.3) is 0 Å². The molecule has 4 nitrogen and oxygen atoms in total. The van der Waals surface area contributed by atoms with Gasteiger partial charge in [-0.1, -0.05) is 31.0 Å². The molecular formula is C13H17NO3. The van der Waals surface area contributed by atoms with Crippen molar-refractivity contribution >= 4 is 5.91 Å². The fourth-order valence-electron chi connectivity index (χ4n) is 2.02. The van der Waals surface area contributed by atoms with Crippen molar-refractivity contribution in [2.24, 2.45) is 0 Å². The number of hydrogen-bond acceptors (Lipinski definition) is 3. The topological polar surface area (TPSA) is 58.6 Å². The van der Waals surface area contributed by atoms with Crippen molar-refractivity contribution in [2.45, 2.75) is 38.2 Å². The van der Waals surface area contributed by atoms with Crippen molar-refractivity contribution in [1.29, 1.82) is 0 Å². The second-order valence-corrected chi connectivity index (χ2v) is 4.36. The maximum Gasteiger partial charge on any atom is 0.248 e. The number of rotatable bonds is 4. The van der Waals surface area contributed by atoms with Gasteiger partial charge in [-0.2, -0.15) is 0 Å². The van der Waals surface area contributed by atoms with Crippen LogP contribution in [0.15, 0.2) is 24.3 Å². The van der Waals surface area contributed by atoms with Crippen LogP contribution in [0.2, 0.25) is 0 Å². The molecule has 0 heterocycles. The monoisotopic (exact) mass is 235 g/mol. The molecule has 0 aromatic heterocycles. The molecule has 1 aliphatic carbocycles. The normalized spacial score (nSPS) is 16.0. The Labute approximate surface area is 101 Å². The van der Waals surface area contributed by atoms with Crippen LogP contribution in [0, 0.1) is 0 Å². The van der Waals surface area contributed by atoms with E-state index in [4.69, 9.17) is 4.84 Å². The number of phenolic OH excluding ortho intramolecular Hbond substituents is 1. The number of phenols is 1. The van der Waals surface area contributed by atoms with Crippen LogP contribution in [-0.4, -0.2) is 17.1 Å². The molecule has 2 rings (SSSR count). The van der Waals surface area contributed by atoms with Gasteiger partial charge in [-0.3, -0.25) is 9.63 Å². The molecule has 4 heteroatoms. The second kappa shape index (κ2) is 5.68. The number of hydrogen-bond donors (Lipinski definition) is 2. The summed E-state index contributed by atoms with van der Waals surface area (Å²) in [4.78, 5) is 16.9. The Bertz CT molecular complexity index is 386. The van der Waals surface area contributed by atoms with E-state index in [1.54, 1.807) is 24.3 Å². The maximum atomic E-state index is 11.6. The molecule has 1 amide bonds. The number of carbonyl (C=O) groups excluding carboxylic acids is 1. The zero-order chi connectivity index (χ0) is 12.1. The minimum Gasteiger partial charge on any atom is -0.508 e. The summed E-state index contributed by atoms with van der Waals surface area (Å²) in [5, 5.41) is 9.52. The molecule has 0 aliphatic heterocycles. The van der Waals surface area contributed by atoms with Gasteiger partial charge < -0.3 is 5.11 Å². The first-order valence-electron chi connectivity index (χ1n) is 5.97. The van der Waals surface area contributed by atoms with Gasteiger partial charge in [0.2, 0.25) is 5.91 Å². The third kappa shape index (κ3) is 3.46. The molecule has 0 radical (unpaired) electrons. The summed E-state index contributed by atoms with van der Waals surface area (Å²) >= 11 is 0. The molecule has 1 fully saturated rings. The van der Waals surface area contributed by atoms with Gasteiger partial charge in [-0.25, -0.2) is 5.48 Å². The average Bonchev–Trinajstić information content (AvgIpc) is 2.82. The van der Waals surface area contributed by atoms with Crippen LogP contribution in [0.1, 0.15) is 31.2 Å². The predicted molar refractivity (Wildman–Crippen MR) is 63.3 cm³/mol. The average molecular weight is 235 g/mol. The van der Waals surface area contributed by atoms with E-state index in [-0.39, 0.29) is 24.2 Å². The van der Waals surface area contributed by atoms with Crippen LogP contribution in [0.25, 0.3) is 0 Å². The second-order valence-electron chi connectivity index (χ2n) is 4.36. The largest absolute Gasteiger partial charge is 0.508 e. The molecule has 2 N–H and O–H groups in total. The summed E-state index contributed by atoms with van der Waals surface area (Å²) in [5.74, 6) is -0.0816. The summed E-state index contributed by atoms with van der Waals surface area (Å²) in [7, 11) is 0. The van der Waals surface area contributed by atoms with Gasteiger partial charge in [0.15, 0.2) is 0 Å². The number of amides is 1. The Morgan fingerprint density at radius 3 is 2.76 bits per heavy atom. The predicted octanol–water partition coefficient (Wildman–Crippen LogP) is 1.93. The number of aromatic hydroxyl groups is 1. The highest BCUT2D eigenvalue weighted by atomic mass is 16.7. The highest BCUT2D eigenvalue weighted by molar-refractivity contribution is 5.78. The molecule has 0 spiro atoms. The molecule has 0 bridgehead atoms. The Hall–Kier alpha value is -1.55. The Morgan fingerprint density at radius 2 is 2.06 bits per heavy atom. The quantitative estimate of drug-likeness (QED) is 0.784. The molecule has 1 aromatic carbocycles. The standard InChI is InChI=1S/C13H17NO3/c15-12-8-4-1-5-10(12)9-13(16)14-17-11-6-2-3-7-11/h1,4-5,8,11,15H,2-3,6-7,9H2,(H,14,16). The summed E-state index contributed by atoms with van der Waals surface area (Å²) in [6.45, 7) is 0. The lowest BCUT2D eigenvalue weighted by molar-refractivity contribution is -0.137. The smallest absolute Gasteiger partial charge is 0.248 e. The van der Waals surface area contributed by atoms with E-state index >= 15 is 0 Å². The third-order valence-corrected chi connectivity index (χ3v) is 2.98. The lowest BCUT2D eigenvalue weighted by Gasteiger charge is -2.11. The van der Waals surface area contributed by atoms with Crippen LogP contribution in [0.5, 0.6) is 5.75 Å². The molecule has 0 saturated heterocycles. The van der Waals surface area contributed by atoms with Crippen LogP contribution < -0.4 is 5.48 Å². The first-order chi connectivity index (χ1) is 8.25. The van der Waals surface area contributed by atoms with E-state index in [1.165, 1.54) is 12.8 Å². The van der Waals surface area contributed by atoms with Crippen molar-refractivity contribution in [3.63, 3.8) is 0 Å². The van der Waals surface area contributed by atoms with Gasteiger partial charge in [0.05, 0.1) is 12.5 Å². The fraction of sp³-hybridized carbons (Fsp3) is 0.462. The highest BCUT2D eigenvalue weighted by Crippen LogP contribution is 2.20. The summed E-state index contributed by atoms with van der Waals surface area (Å²) in [5.41, 5.74) is 3.06. The van der Waals surface area contributed by atoms with E-state index in [1.807, 2.05) is 0 Å². The molecule has 1 aliphatic rings. The van der Waals surface area contributed by atoms with Crippen LogP contribution in [0.3, 0.4) is 0 Å². The SMILES string of the molecule is O=C(Cc1ccccc1O)NOC1CCCC1. The first-order valence-corrected chi connectivity index (χ1v) is 5.97. The number of benzene rings is 1. The Morgan fingerprint density at radius 1 is 1.35 bits per heavy atom. The van der Waals surface area contributed by atoms with Gasteiger partial charge in [0, 0.05) is 5.56 Å². The van der Waals surface area contributed by atoms with Gasteiger partial charge in [-0.05, 0) is 18.9 Å². The minimum absolute atomic E-state index is 0.138. The van der Waals surface area contributed by atoms with Gasteiger partial charge in [-0.15, -0.1) is 0 Å². The Balaban J connectivity index is 1.79. The molecular weight excluding hydrogens is 218 g/mol. The third-order valence-electron chi connectivity index (χ3n) is 2.98. The maximum absolute atomic E-state index is 11.6. The lowest BCUT2D eigenvalue weighted by atomic mass is 10.1. The van der Waals surface area contributed by atoms with E-state index in [2.05, 4.69) is 5.48 Å². The van der Waals surface area contributed by atoms with Crippen LogP contribution >= 0.6 is 0 Å². The number of hydroxylamine groups is 1. The van der Waals surface area contributed by atoms with Gasteiger partial charge >= 0.3 is 0 Å². The fourth-order valence-corrected chi connectivity index (χ4v) is 2.02. The van der Waals surface area contributed by atoms with E-state index < -0.39 is 0 Å². The van der Waals surface area contributed by atoms with Crippen LogP contribution in [-0.2, 0) is 16.1 Å². The zero-order valence-corrected chi connectivity index (χ0v) is 9.69. The molecule has 0 unspecified atom stereocenters. The molecule has 1 aromatic rings. The first kappa shape index (κ1) is 11.9. The molecule has 1 saturated carbocycles. The molecule has 92 valence electrons. The zero-order valence-electron chi connectivity index (χ0n) is 9.69. The highest BCUT2D eigenvalue weighted by Gasteiger charge is 2.17. The summed E-state index contributed by atoms with van der Waals surface area (Å²) in [6.07, 6.45) is 4.65. The van der Waals surface area contributed by atoms with E-state index in [0.29, 0.717) is 5.56 Å². The van der Waals surface area contributed by atoms with Gasteiger partial charge in [0.1, 0.15) is 5.75 Å². The van der Waals surface area contributed by atoms with Crippen molar-refractivity contribution in [3.8, 4) is 5.75 Å². The van der Waals surface area contributed by atoms with Crippen molar-refractivity contribution in [1.82, 2.24) is 5.48 Å². The molecule has 17 heavy (non-hydrogen) atoms. The van der Waals surface area contributed by atoms with Crippen molar-refractivity contribution in [3.05, 3.63) is 29.8 Å². The van der Waals surface area contributed by atoms with Crippen LogP contribution in [0.4, 0.5) is 0 Å².